The van der Waals surface area contributed by atoms with Gasteiger partial charge >= 0.3 is 0 Å². The SMILES string of the molecule is CCCC(=O)NCCCc1c(C)cc2ccccn12. The van der Waals surface area contributed by atoms with E-state index in [1.165, 1.54) is 16.8 Å². The van der Waals surface area contributed by atoms with E-state index in [1.54, 1.807) is 0 Å². The molecule has 0 saturated heterocycles. The first-order valence-corrected chi connectivity index (χ1v) is 7.04. The van der Waals surface area contributed by atoms with Gasteiger partial charge in [0.2, 0.25) is 5.91 Å². The molecule has 0 atom stereocenters. The van der Waals surface area contributed by atoms with Crippen LogP contribution in [0.5, 0.6) is 0 Å². The van der Waals surface area contributed by atoms with Crippen molar-refractivity contribution in [2.75, 3.05) is 6.54 Å². The molecular weight excluding hydrogens is 236 g/mol. The van der Waals surface area contributed by atoms with Crippen molar-refractivity contribution in [3.63, 3.8) is 0 Å². The zero-order valence-corrected chi connectivity index (χ0v) is 11.8. The normalized spacial score (nSPS) is 10.8. The zero-order valence-electron chi connectivity index (χ0n) is 11.8. The lowest BCUT2D eigenvalue weighted by Gasteiger charge is -2.06. The van der Waals surface area contributed by atoms with Crippen LogP contribution in [0, 0.1) is 6.92 Å². The van der Waals surface area contributed by atoms with E-state index in [-0.39, 0.29) is 5.91 Å². The predicted molar refractivity (Wildman–Crippen MR) is 78.4 cm³/mol. The Morgan fingerprint density at radius 1 is 1.37 bits per heavy atom. The molecule has 102 valence electrons. The van der Waals surface area contributed by atoms with Gasteiger partial charge in [-0.3, -0.25) is 4.79 Å². The van der Waals surface area contributed by atoms with Gasteiger partial charge in [-0.2, -0.15) is 0 Å². The number of aryl methyl sites for hydroxylation is 2. The molecule has 2 rings (SSSR count). The Balaban J connectivity index is 1.91. The number of carbonyl (C=O) groups is 1. The van der Waals surface area contributed by atoms with Gasteiger partial charge in [0.1, 0.15) is 0 Å². The Morgan fingerprint density at radius 2 is 2.21 bits per heavy atom. The smallest absolute Gasteiger partial charge is 0.219 e. The summed E-state index contributed by atoms with van der Waals surface area (Å²) in [6.45, 7) is 4.94. The fraction of sp³-hybridized carbons (Fsp3) is 0.438. The third kappa shape index (κ3) is 3.37. The lowest BCUT2D eigenvalue weighted by Crippen LogP contribution is -2.24. The number of pyridine rings is 1. The Hall–Kier alpha value is -1.77. The molecule has 0 bridgehead atoms. The van der Waals surface area contributed by atoms with Crippen molar-refractivity contribution in [3.8, 4) is 0 Å². The highest BCUT2D eigenvalue weighted by atomic mass is 16.1. The largest absolute Gasteiger partial charge is 0.356 e. The van der Waals surface area contributed by atoms with E-state index in [4.69, 9.17) is 0 Å². The summed E-state index contributed by atoms with van der Waals surface area (Å²) in [6, 6.07) is 8.45. The molecule has 0 unspecified atom stereocenters. The summed E-state index contributed by atoms with van der Waals surface area (Å²) in [5.41, 5.74) is 3.91. The van der Waals surface area contributed by atoms with Gasteiger partial charge < -0.3 is 9.72 Å². The molecule has 0 fully saturated rings. The fourth-order valence-corrected chi connectivity index (χ4v) is 2.43. The minimum atomic E-state index is 0.166. The number of hydrogen-bond donors (Lipinski definition) is 1. The van der Waals surface area contributed by atoms with Crippen LogP contribution in [0.3, 0.4) is 0 Å². The monoisotopic (exact) mass is 258 g/mol. The first kappa shape index (κ1) is 13.7. The molecule has 2 aromatic rings. The Kier molecular flexibility index (Phi) is 4.61. The second-order valence-corrected chi connectivity index (χ2v) is 4.97. The van der Waals surface area contributed by atoms with Crippen LogP contribution in [-0.4, -0.2) is 16.9 Å². The highest BCUT2D eigenvalue weighted by Crippen LogP contribution is 2.17. The van der Waals surface area contributed by atoms with Crippen LogP contribution in [0.25, 0.3) is 5.52 Å². The molecule has 0 radical (unpaired) electrons. The second kappa shape index (κ2) is 6.41. The van der Waals surface area contributed by atoms with E-state index in [0.29, 0.717) is 6.42 Å². The van der Waals surface area contributed by atoms with Crippen LogP contribution < -0.4 is 5.32 Å². The molecule has 3 nitrogen and oxygen atoms in total. The standard InChI is InChI=1S/C16H22N2O/c1-3-7-16(19)17-10-6-9-15-13(2)12-14-8-4-5-11-18(14)15/h4-5,8,11-12H,3,6-7,9-10H2,1-2H3,(H,17,19). The Labute approximate surface area is 114 Å². The lowest BCUT2D eigenvalue weighted by molar-refractivity contribution is -0.121. The van der Waals surface area contributed by atoms with Gasteiger partial charge in [0, 0.05) is 30.4 Å². The molecule has 2 aromatic heterocycles. The molecular formula is C16H22N2O. The number of hydrogen-bond acceptors (Lipinski definition) is 1. The molecule has 3 heteroatoms. The molecule has 1 amide bonds. The van der Waals surface area contributed by atoms with Gasteiger partial charge in [0.15, 0.2) is 0 Å². The summed E-state index contributed by atoms with van der Waals surface area (Å²) in [6.07, 6.45) is 5.63. The molecule has 0 aliphatic carbocycles. The van der Waals surface area contributed by atoms with Crippen LogP contribution in [0.2, 0.25) is 0 Å². The van der Waals surface area contributed by atoms with Gasteiger partial charge in [0.25, 0.3) is 0 Å². The molecule has 2 heterocycles. The van der Waals surface area contributed by atoms with E-state index in [1.807, 2.05) is 6.92 Å². The minimum absolute atomic E-state index is 0.166. The van der Waals surface area contributed by atoms with E-state index in [9.17, 15) is 4.79 Å². The summed E-state index contributed by atoms with van der Waals surface area (Å²) in [5, 5.41) is 2.97. The van der Waals surface area contributed by atoms with Gasteiger partial charge in [-0.05, 0) is 49.9 Å². The van der Waals surface area contributed by atoms with E-state index in [0.717, 1.165) is 25.8 Å². The van der Waals surface area contributed by atoms with Crippen molar-refractivity contribution in [2.24, 2.45) is 0 Å². The molecule has 0 saturated carbocycles. The highest BCUT2D eigenvalue weighted by molar-refractivity contribution is 5.75. The topological polar surface area (TPSA) is 33.5 Å². The quantitative estimate of drug-likeness (QED) is 0.794. The Morgan fingerprint density at radius 3 is 3.00 bits per heavy atom. The Bertz CT molecular complexity index is 557. The molecule has 0 spiro atoms. The van der Waals surface area contributed by atoms with Crippen LogP contribution in [-0.2, 0) is 11.2 Å². The van der Waals surface area contributed by atoms with Crippen molar-refractivity contribution in [2.45, 2.75) is 39.5 Å². The maximum Gasteiger partial charge on any atom is 0.219 e. The maximum atomic E-state index is 11.4. The number of nitrogens with one attached hydrogen (secondary N) is 1. The minimum Gasteiger partial charge on any atom is -0.356 e. The molecule has 0 aliphatic heterocycles. The summed E-state index contributed by atoms with van der Waals surface area (Å²) < 4.78 is 2.24. The number of nitrogens with zero attached hydrogens (tertiary/aromatic N) is 1. The highest BCUT2D eigenvalue weighted by Gasteiger charge is 2.06. The summed E-state index contributed by atoms with van der Waals surface area (Å²) in [4.78, 5) is 11.4. The van der Waals surface area contributed by atoms with Crippen molar-refractivity contribution in [3.05, 3.63) is 41.7 Å². The number of amides is 1. The van der Waals surface area contributed by atoms with E-state index >= 15 is 0 Å². The number of fused-ring (bicyclic) bond motifs is 1. The van der Waals surface area contributed by atoms with Gasteiger partial charge in [-0.25, -0.2) is 0 Å². The van der Waals surface area contributed by atoms with Crippen molar-refractivity contribution >= 4 is 11.4 Å². The lowest BCUT2D eigenvalue weighted by atomic mass is 10.1. The van der Waals surface area contributed by atoms with Crippen LogP contribution in [0.1, 0.15) is 37.4 Å². The van der Waals surface area contributed by atoms with Crippen LogP contribution in [0.15, 0.2) is 30.5 Å². The van der Waals surface area contributed by atoms with Crippen molar-refractivity contribution < 1.29 is 4.79 Å². The number of carbonyl (C=O) groups excluding carboxylic acids is 1. The number of rotatable bonds is 6. The molecule has 0 aromatic carbocycles. The third-order valence-corrected chi connectivity index (χ3v) is 3.39. The van der Waals surface area contributed by atoms with Crippen LogP contribution in [0.4, 0.5) is 0 Å². The number of aromatic nitrogens is 1. The molecule has 0 aliphatic rings. The third-order valence-electron chi connectivity index (χ3n) is 3.39. The van der Waals surface area contributed by atoms with Crippen LogP contribution >= 0.6 is 0 Å². The van der Waals surface area contributed by atoms with Gasteiger partial charge in [-0.1, -0.05) is 13.0 Å². The van der Waals surface area contributed by atoms with Crippen molar-refractivity contribution in [1.82, 2.24) is 9.72 Å². The summed E-state index contributed by atoms with van der Waals surface area (Å²) >= 11 is 0. The van der Waals surface area contributed by atoms with Crippen molar-refractivity contribution in [1.29, 1.82) is 0 Å². The second-order valence-electron chi connectivity index (χ2n) is 4.97. The zero-order chi connectivity index (χ0) is 13.7. The molecule has 1 N–H and O–H groups in total. The average molecular weight is 258 g/mol. The fourth-order valence-electron chi connectivity index (χ4n) is 2.43. The predicted octanol–water partition coefficient (Wildman–Crippen LogP) is 3.10. The van der Waals surface area contributed by atoms with E-state index < -0.39 is 0 Å². The maximum absolute atomic E-state index is 11.4. The first-order chi connectivity index (χ1) is 9.22. The van der Waals surface area contributed by atoms with E-state index in [2.05, 4.69) is 47.1 Å². The van der Waals surface area contributed by atoms with Gasteiger partial charge in [0.05, 0.1) is 0 Å². The summed E-state index contributed by atoms with van der Waals surface area (Å²) in [5.74, 6) is 0.166. The molecule has 19 heavy (non-hydrogen) atoms. The average Bonchev–Trinajstić information content (AvgIpc) is 2.71. The van der Waals surface area contributed by atoms with Gasteiger partial charge in [-0.15, -0.1) is 0 Å². The summed E-state index contributed by atoms with van der Waals surface area (Å²) in [7, 11) is 0. The first-order valence-electron chi connectivity index (χ1n) is 7.04.